The smallest absolute Gasteiger partial charge is 0.343 e. The molecule has 32 heavy (non-hydrogen) atoms. The Balaban J connectivity index is 1.57. The Kier molecular flexibility index (Phi) is 4.50. The molecule has 3 aliphatic rings. The monoisotopic (exact) mass is 434 g/mol. The molecule has 2 heterocycles. The van der Waals surface area contributed by atoms with Crippen molar-refractivity contribution >= 4 is 5.78 Å². The lowest BCUT2D eigenvalue weighted by molar-refractivity contribution is -0.148. The lowest BCUT2D eigenvalue weighted by atomic mass is 9.46. The average Bonchev–Trinajstić information content (AvgIpc) is 2.75. The first-order valence-corrected chi connectivity index (χ1v) is 11.3. The maximum atomic E-state index is 13.1. The summed E-state index contributed by atoms with van der Waals surface area (Å²) in [6.07, 6.45) is 6.16. The summed E-state index contributed by atoms with van der Waals surface area (Å²) in [7, 11) is 1.62. The Morgan fingerprint density at radius 3 is 2.44 bits per heavy atom. The highest BCUT2D eigenvalue weighted by molar-refractivity contribution is 5.95. The lowest BCUT2D eigenvalue weighted by Crippen LogP contribution is -2.62. The van der Waals surface area contributed by atoms with Gasteiger partial charge in [-0.3, -0.25) is 4.79 Å². The van der Waals surface area contributed by atoms with Crippen LogP contribution in [0.2, 0.25) is 0 Å². The van der Waals surface area contributed by atoms with Gasteiger partial charge in [0.05, 0.1) is 12.7 Å². The van der Waals surface area contributed by atoms with Crippen LogP contribution in [0, 0.1) is 22.7 Å². The summed E-state index contributed by atoms with van der Waals surface area (Å²) in [6, 6.07) is 9.27. The average molecular weight is 435 g/mol. The second kappa shape index (κ2) is 6.84. The Morgan fingerprint density at radius 1 is 1.03 bits per heavy atom. The molecule has 0 N–H and O–H groups in total. The third kappa shape index (κ3) is 2.90. The molecule has 2 aromatic rings. The number of benzene rings is 1. The number of methoxy groups -OCH3 is 1. The number of ether oxygens (including phenoxy) is 2. The van der Waals surface area contributed by atoms with Gasteiger partial charge in [0.2, 0.25) is 0 Å². The molecule has 0 saturated heterocycles. The molecule has 5 rings (SSSR count). The van der Waals surface area contributed by atoms with E-state index in [0.29, 0.717) is 23.5 Å². The van der Waals surface area contributed by atoms with Gasteiger partial charge in [0.1, 0.15) is 22.9 Å². The van der Waals surface area contributed by atoms with Crippen molar-refractivity contribution in [2.24, 2.45) is 22.7 Å². The summed E-state index contributed by atoms with van der Waals surface area (Å²) in [5.74, 6) is 2.32. The van der Waals surface area contributed by atoms with E-state index in [2.05, 4.69) is 33.8 Å². The third-order valence-corrected chi connectivity index (χ3v) is 8.40. The van der Waals surface area contributed by atoms with Crippen LogP contribution in [0.15, 0.2) is 51.7 Å². The van der Waals surface area contributed by atoms with Crippen LogP contribution < -0.4 is 15.1 Å². The quantitative estimate of drug-likeness (QED) is 0.649. The fourth-order valence-corrected chi connectivity index (χ4v) is 6.51. The van der Waals surface area contributed by atoms with Crippen molar-refractivity contribution in [3.05, 3.63) is 58.5 Å². The molecule has 5 heteroatoms. The van der Waals surface area contributed by atoms with E-state index in [-0.39, 0.29) is 28.7 Å². The first kappa shape index (κ1) is 21.0. The molecule has 0 spiro atoms. The van der Waals surface area contributed by atoms with Crippen molar-refractivity contribution in [1.82, 2.24) is 0 Å². The van der Waals surface area contributed by atoms with E-state index >= 15 is 0 Å². The number of allylic oxidation sites excluding steroid dienone is 2. The van der Waals surface area contributed by atoms with E-state index in [9.17, 15) is 9.59 Å². The minimum atomic E-state index is -0.423. The highest BCUT2D eigenvalue weighted by Crippen LogP contribution is 2.61. The molecule has 0 amide bonds. The minimum Gasteiger partial charge on any atom is -0.497 e. The molecular formula is C27H30O5. The van der Waals surface area contributed by atoms with Crippen molar-refractivity contribution in [2.45, 2.75) is 52.6 Å². The fourth-order valence-electron chi connectivity index (χ4n) is 6.51. The Hall–Kier alpha value is -2.82. The zero-order valence-electron chi connectivity index (χ0n) is 19.4. The molecule has 168 valence electrons. The first-order valence-electron chi connectivity index (χ1n) is 11.3. The highest BCUT2D eigenvalue weighted by atomic mass is 16.5. The summed E-state index contributed by atoms with van der Waals surface area (Å²) < 4.78 is 17.6. The maximum Gasteiger partial charge on any atom is 0.343 e. The Bertz CT molecular complexity index is 1170. The van der Waals surface area contributed by atoms with E-state index in [0.717, 1.165) is 24.2 Å². The van der Waals surface area contributed by atoms with Gasteiger partial charge in [-0.15, -0.1) is 0 Å². The molecule has 0 radical (unpaired) electrons. The summed E-state index contributed by atoms with van der Waals surface area (Å²) in [5, 5.41) is 0. The van der Waals surface area contributed by atoms with Gasteiger partial charge in [-0.25, -0.2) is 4.79 Å². The highest BCUT2D eigenvalue weighted by Gasteiger charge is 2.61. The van der Waals surface area contributed by atoms with Crippen LogP contribution in [0.4, 0.5) is 0 Å². The number of hydrogen-bond acceptors (Lipinski definition) is 5. The number of fused-ring (bicyclic) bond motifs is 4. The van der Waals surface area contributed by atoms with Crippen LogP contribution in [-0.2, 0) is 11.2 Å². The normalized spacial score (nSPS) is 32.3. The summed E-state index contributed by atoms with van der Waals surface area (Å²) in [6.45, 7) is 8.49. The van der Waals surface area contributed by atoms with Crippen molar-refractivity contribution < 1.29 is 18.7 Å². The molecule has 2 aliphatic carbocycles. The number of ketones is 1. The first-order chi connectivity index (χ1) is 15.1. The molecule has 0 bridgehead atoms. The van der Waals surface area contributed by atoms with Gasteiger partial charge in [-0.2, -0.15) is 0 Å². The Labute approximate surface area is 188 Å². The van der Waals surface area contributed by atoms with Crippen LogP contribution in [0.5, 0.6) is 11.5 Å². The molecule has 1 aromatic carbocycles. The van der Waals surface area contributed by atoms with E-state index in [1.807, 2.05) is 30.3 Å². The number of hydrogen-bond donors (Lipinski definition) is 0. The SMILES string of the molecule is COc1ccc(-c2cc3c(c(=O)o2)C[C@@H]2[C@@]4(C)C=CC(=O)C(C)(C)[C@@H]4CC[C@@]2(C)O3)cc1. The van der Waals surface area contributed by atoms with E-state index in [4.69, 9.17) is 13.9 Å². The molecule has 1 fully saturated rings. The van der Waals surface area contributed by atoms with Gasteiger partial charge in [-0.1, -0.05) is 26.8 Å². The van der Waals surface area contributed by atoms with Gasteiger partial charge < -0.3 is 13.9 Å². The van der Waals surface area contributed by atoms with E-state index in [1.165, 1.54) is 0 Å². The van der Waals surface area contributed by atoms with Crippen molar-refractivity contribution in [3.63, 3.8) is 0 Å². The molecule has 4 atom stereocenters. The number of carbonyl (C=O) groups excluding carboxylic acids is 1. The zero-order valence-corrected chi connectivity index (χ0v) is 19.4. The van der Waals surface area contributed by atoms with Crippen LogP contribution in [0.1, 0.15) is 46.1 Å². The van der Waals surface area contributed by atoms with Crippen molar-refractivity contribution in [3.8, 4) is 22.8 Å². The zero-order chi connectivity index (χ0) is 22.9. The van der Waals surface area contributed by atoms with E-state index in [1.54, 1.807) is 13.2 Å². The van der Waals surface area contributed by atoms with Crippen LogP contribution in [0.25, 0.3) is 11.3 Å². The molecule has 5 nitrogen and oxygen atoms in total. The van der Waals surface area contributed by atoms with Gasteiger partial charge in [-0.05, 0) is 67.9 Å². The molecule has 1 aromatic heterocycles. The second-order valence-electron chi connectivity index (χ2n) is 10.5. The van der Waals surface area contributed by atoms with Gasteiger partial charge >= 0.3 is 5.63 Å². The molecule has 1 saturated carbocycles. The Morgan fingerprint density at radius 2 is 1.75 bits per heavy atom. The van der Waals surface area contributed by atoms with Gasteiger partial charge in [0, 0.05) is 23.0 Å². The van der Waals surface area contributed by atoms with Crippen LogP contribution in [-0.4, -0.2) is 18.5 Å². The maximum absolute atomic E-state index is 13.1. The van der Waals surface area contributed by atoms with Gasteiger partial charge in [0.25, 0.3) is 0 Å². The van der Waals surface area contributed by atoms with Crippen LogP contribution >= 0.6 is 0 Å². The predicted octanol–water partition coefficient (Wildman–Crippen LogP) is 5.21. The van der Waals surface area contributed by atoms with Gasteiger partial charge in [0.15, 0.2) is 5.78 Å². The lowest BCUT2D eigenvalue weighted by Gasteiger charge is -2.60. The number of carbonyl (C=O) groups is 1. The fraction of sp³-hybridized carbons (Fsp3) is 0.481. The minimum absolute atomic E-state index is 0.0830. The third-order valence-electron chi connectivity index (χ3n) is 8.40. The summed E-state index contributed by atoms with van der Waals surface area (Å²) in [4.78, 5) is 25.7. The molecular weight excluding hydrogens is 404 g/mol. The molecule has 0 unspecified atom stereocenters. The second-order valence-corrected chi connectivity index (χ2v) is 10.5. The molecule has 1 aliphatic heterocycles. The van der Waals surface area contributed by atoms with Crippen molar-refractivity contribution in [1.29, 1.82) is 0 Å². The predicted molar refractivity (Wildman–Crippen MR) is 122 cm³/mol. The van der Waals surface area contributed by atoms with Crippen LogP contribution in [0.3, 0.4) is 0 Å². The number of rotatable bonds is 2. The van der Waals surface area contributed by atoms with E-state index < -0.39 is 11.0 Å². The van der Waals surface area contributed by atoms with Crippen molar-refractivity contribution in [2.75, 3.05) is 7.11 Å². The standard InChI is InChI=1S/C27H30O5/c1-25(2)21-10-13-27(4)22(26(21,3)12-11-23(25)28)14-18-20(32-27)15-19(31-24(18)29)16-6-8-17(30-5)9-7-16/h6-9,11-12,15,21-22H,10,13-14H2,1-5H3/t21-,22+,26-,27+/m0/s1. The summed E-state index contributed by atoms with van der Waals surface area (Å²) >= 11 is 0. The largest absolute Gasteiger partial charge is 0.497 e. The topological polar surface area (TPSA) is 65.7 Å². The summed E-state index contributed by atoms with van der Waals surface area (Å²) in [5.41, 5.74) is -0.0278.